The summed E-state index contributed by atoms with van der Waals surface area (Å²) in [5.74, 6) is 0.106. The first-order valence-electron chi connectivity index (χ1n) is 4.84. The molecule has 1 heterocycles. The third-order valence-electron chi connectivity index (χ3n) is 2.57. The molecule has 13 heavy (non-hydrogen) atoms. The molecule has 0 aromatic carbocycles. The highest BCUT2D eigenvalue weighted by molar-refractivity contribution is 5.80. The molecule has 1 aliphatic heterocycles. The second kappa shape index (κ2) is 4.58. The number of carbonyl (C=O) groups is 1. The van der Waals surface area contributed by atoms with Gasteiger partial charge in [0.05, 0.1) is 6.04 Å². The molecule has 2 atom stereocenters. The number of amides is 1. The SMILES string of the molecule is CNC(=O)C(C)N1CCNC(C)C1. The van der Waals surface area contributed by atoms with Gasteiger partial charge in [0.15, 0.2) is 0 Å². The standard InChI is InChI=1S/C9H19N3O/c1-7-6-12(5-4-11-7)8(2)9(13)10-3/h7-8,11H,4-6H2,1-3H3,(H,10,13). The van der Waals surface area contributed by atoms with Gasteiger partial charge in [-0.2, -0.15) is 0 Å². The number of piperazine rings is 1. The molecule has 0 aromatic heterocycles. The summed E-state index contributed by atoms with van der Waals surface area (Å²) in [6, 6.07) is 0.482. The summed E-state index contributed by atoms with van der Waals surface area (Å²) in [6.07, 6.45) is 0. The van der Waals surface area contributed by atoms with E-state index >= 15 is 0 Å². The maximum atomic E-state index is 11.3. The molecular formula is C9H19N3O. The molecule has 1 aliphatic rings. The smallest absolute Gasteiger partial charge is 0.236 e. The average Bonchev–Trinajstić information content (AvgIpc) is 2.15. The Kier molecular flexibility index (Phi) is 3.69. The number of rotatable bonds is 2. The number of likely N-dealkylation sites (N-methyl/N-ethyl adjacent to an activating group) is 1. The Bertz CT molecular complexity index is 184. The molecule has 2 unspecified atom stereocenters. The largest absolute Gasteiger partial charge is 0.358 e. The highest BCUT2D eigenvalue weighted by atomic mass is 16.2. The third-order valence-corrected chi connectivity index (χ3v) is 2.57. The Morgan fingerprint density at radius 1 is 1.69 bits per heavy atom. The maximum absolute atomic E-state index is 11.3. The van der Waals surface area contributed by atoms with Crippen molar-refractivity contribution < 1.29 is 4.79 Å². The lowest BCUT2D eigenvalue weighted by atomic mass is 10.2. The van der Waals surface area contributed by atoms with Gasteiger partial charge in [0, 0.05) is 32.7 Å². The quantitative estimate of drug-likeness (QED) is 0.604. The number of nitrogens with zero attached hydrogens (tertiary/aromatic N) is 1. The monoisotopic (exact) mass is 185 g/mol. The minimum atomic E-state index is -0.00505. The van der Waals surface area contributed by atoms with E-state index in [1.54, 1.807) is 7.05 Å². The summed E-state index contributed by atoms with van der Waals surface area (Å²) in [5, 5.41) is 6.03. The van der Waals surface area contributed by atoms with Crippen molar-refractivity contribution in [1.29, 1.82) is 0 Å². The van der Waals surface area contributed by atoms with Gasteiger partial charge in [-0.05, 0) is 13.8 Å². The molecule has 1 saturated heterocycles. The first-order valence-corrected chi connectivity index (χ1v) is 4.84. The second-order valence-electron chi connectivity index (χ2n) is 3.64. The van der Waals surface area contributed by atoms with Crippen LogP contribution in [0.25, 0.3) is 0 Å². The highest BCUT2D eigenvalue weighted by Crippen LogP contribution is 2.04. The Morgan fingerprint density at radius 3 is 2.92 bits per heavy atom. The van der Waals surface area contributed by atoms with Crippen LogP contribution in [0, 0.1) is 0 Å². The summed E-state index contributed by atoms with van der Waals surface area (Å²) in [7, 11) is 1.68. The molecule has 1 rings (SSSR count). The van der Waals surface area contributed by atoms with Crippen molar-refractivity contribution in [2.45, 2.75) is 25.9 Å². The molecule has 0 aliphatic carbocycles. The minimum Gasteiger partial charge on any atom is -0.358 e. The number of carbonyl (C=O) groups excluding carboxylic acids is 1. The van der Waals surface area contributed by atoms with Crippen molar-refractivity contribution in [3.63, 3.8) is 0 Å². The van der Waals surface area contributed by atoms with Crippen LogP contribution in [0.1, 0.15) is 13.8 Å². The maximum Gasteiger partial charge on any atom is 0.236 e. The molecule has 1 fully saturated rings. The summed E-state index contributed by atoms with van der Waals surface area (Å²) in [6.45, 7) is 6.98. The van der Waals surface area contributed by atoms with Gasteiger partial charge in [-0.15, -0.1) is 0 Å². The van der Waals surface area contributed by atoms with E-state index in [2.05, 4.69) is 22.5 Å². The number of nitrogens with one attached hydrogen (secondary N) is 2. The lowest BCUT2D eigenvalue weighted by molar-refractivity contribution is -0.125. The topological polar surface area (TPSA) is 44.4 Å². The van der Waals surface area contributed by atoms with E-state index in [9.17, 15) is 4.79 Å². The molecule has 0 bridgehead atoms. The van der Waals surface area contributed by atoms with Crippen molar-refractivity contribution in [2.75, 3.05) is 26.7 Å². The van der Waals surface area contributed by atoms with Crippen LogP contribution in [0.5, 0.6) is 0 Å². The number of hydrogen-bond acceptors (Lipinski definition) is 3. The molecule has 4 nitrogen and oxygen atoms in total. The van der Waals surface area contributed by atoms with Gasteiger partial charge < -0.3 is 10.6 Å². The first-order chi connectivity index (χ1) is 6.15. The van der Waals surface area contributed by atoms with Crippen molar-refractivity contribution in [3.8, 4) is 0 Å². The predicted octanol–water partition coefficient (Wildman–Crippen LogP) is -0.585. The Labute approximate surface area is 79.7 Å². The van der Waals surface area contributed by atoms with E-state index in [1.165, 1.54) is 0 Å². The lowest BCUT2D eigenvalue weighted by Crippen LogP contribution is -2.55. The van der Waals surface area contributed by atoms with E-state index in [0.29, 0.717) is 6.04 Å². The molecule has 1 amide bonds. The van der Waals surface area contributed by atoms with Crippen molar-refractivity contribution in [2.24, 2.45) is 0 Å². The van der Waals surface area contributed by atoms with E-state index in [4.69, 9.17) is 0 Å². The summed E-state index contributed by atoms with van der Waals surface area (Å²) >= 11 is 0. The first kappa shape index (κ1) is 10.5. The van der Waals surface area contributed by atoms with Crippen LogP contribution in [-0.4, -0.2) is 49.6 Å². The molecule has 4 heteroatoms. The second-order valence-corrected chi connectivity index (χ2v) is 3.64. The Morgan fingerprint density at radius 2 is 2.38 bits per heavy atom. The van der Waals surface area contributed by atoms with Crippen LogP contribution in [0.15, 0.2) is 0 Å². The zero-order valence-corrected chi connectivity index (χ0v) is 8.63. The van der Waals surface area contributed by atoms with Crippen LogP contribution in [-0.2, 0) is 4.79 Å². The summed E-state index contributed by atoms with van der Waals surface area (Å²) in [4.78, 5) is 13.6. The van der Waals surface area contributed by atoms with E-state index < -0.39 is 0 Å². The summed E-state index contributed by atoms with van der Waals surface area (Å²) in [5.41, 5.74) is 0. The van der Waals surface area contributed by atoms with Crippen LogP contribution in [0.4, 0.5) is 0 Å². The predicted molar refractivity (Wildman–Crippen MR) is 52.6 cm³/mol. The van der Waals surface area contributed by atoms with Gasteiger partial charge in [-0.1, -0.05) is 0 Å². The molecule has 2 N–H and O–H groups in total. The molecule has 0 spiro atoms. The number of hydrogen-bond donors (Lipinski definition) is 2. The van der Waals surface area contributed by atoms with Gasteiger partial charge in [0.1, 0.15) is 0 Å². The average molecular weight is 185 g/mol. The van der Waals surface area contributed by atoms with Gasteiger partial charge in [-0.25, -0.2) is 0 Å². The van der Waals surface area contributed by atoms with Crippen molar-refractivity contribution >= 4 is 5.91 Å². The minimum absolute atomic E-state index is 0.00505. The normalized spacial score (nSPS) is 26.8. The zero-order chi connectivity index (χ0) is 9.84. The Hall–Kier alpha value is -0.610. The van der Waals surface area contributed by atoms with Crippen LogP contribution < -0.4 is 10.6 Å². The van der Waals surface area contributed by atoms with E-state index in [-0.39, 0.29) is 11.9 Å². The van der Waals surface area contributed by atoms with E-state index in [0.717, 1.165) is 19.6 Å². The molecular weight excluding hydrogens is 166 g/mol. The molecule has 0 radical (unpaired) electrons. The van der Waals surface area contributed by atoms with Gasteiger partial charge in [0.25, 0.3) is 0 Å². The molecule has 76 valence electrons. The third kappa shape index (κ3) is 2.67. The van der Waals surface area contributed by atoms with E-state index in [1.807, 2.05) is 6.92 Å². The van der Waals surface area contributed by atoms with Crippen LogP contribution in [0.2, 0.25) is 0 Å². The fourth-order valence-electron chi connectivity index (χ4n) is 1.69. The molecule has 0 aromatic rings. The highest BCUT2D eigenvalue weighted by Gasteiger charge is 2.24. The van der Waals surface area contributed by atoms with Crippen LogP contribution >= 0.6 is 0 Å². The van der Waals surface area contributed by atoms with Gasteiger partial charge >= 0.3 is 0 Å². The van der Waals surface area contributed by atoms with Crippen molar-refractivity contribution in [1.82, 2.24) is 15.5 Å². The lowest BCUT2D eigenvalue weighted by Gasteiger charge is -2.35. The zero-order valence-electron chi connectivity index (χ0n) is 8.63. The van der Waals surface area contributed by atoms with Crippen molar-refractivity contribution in [3.05, 3.63) is 0 Å². The van der Waals surface area contributed by atoms with Crippen LogP contribution in [0.3, 0.4) is 0 Å². The summed E-state index contributed by atoms with van der Waals surface area (Å²) < 4.78 is 0. The Balaban J connectivity index is 2.45. The molecule has 0 saturated carbocycles. The van der Waals surface area contributed by atoms with Gasteiger partial charge in [0.2, 0.25) is 5.91 Å². The fraction of sp³-hybridized carbons (Fsp3) is 0.889. The fourth-order valence-corrected chi connectivity index (χ4v) is 1.69. The van der Waals surface area contributed by atoms with Gasteiger partial charge in [-0.3, -0.25) is 9.69 Å².